The largest absolute Gasteiger partial charge is 0.464 e. The number of esters is 1. The van der Waals surface area contributed by atoms with Crippen molar-refractivity contribution in [3.63, 3.8) is 0 Å². The van der Waals surface area contributed by atoms with Crippen LogP contribution in [0.15, 0.2) is 12.2 Å². The molecular formula is C22H39NO4S2. The zero-order chi connectivity index (χ0) is 21.3. The molecule has 0 aliphatic carbocycles. The Morgan fingerprint density at radius 1 is 1.21 bits per heavy atom. The molecular weight excluding hydrogens is 406 g/mol. The molecule has 1 rings (SSSR count). The number of rotatable bonds is 17. The van der Waals surface area contributed by atoms with Gasteiger partial charge in [0.2, 0.25) is 5.91 Å². The van der Waals surface area contributed by atoms with Crippen LogP contribution in [0.4, 0.5) is 0 Å². The fraction of sp³-hybridized carbons (Fsp3) is 0.818. The zero-order valence-electron chi connectivity index (χ0n) is 18.1. The molecule has 29 heavy (non-hydrogen) atoms. The number of unbranched alkanes of at least 4 members (excludes halogenated alkanes) is 2. The first-order valence-electron chi connectivity index (χ1n) is 11.1. The molecule has 5 nitrogen and oxygen atoms in total. The molecule has 0 aromatic heterocycles. The van der Waals surface area contributed by atoms with E-state index in [0.717, 1.165) is 43.7 Å². The molecule has 0 saturated carbocycles. The van der Waals surface area contributed by atoms with Crippen molar-refractivity contribution in [2.75, 3.05) is 36.2 Å². The maximum absolute atomic E-state index is 12.2. The smallest absolute Gasteiger partial charge is 0.334 e. The van der Waals surface area contributed by atoms with Crippen LogP contribution < -0.4 is 0 Å². The van der Waals surface area contributed by atoms with Crippen LogP contribution in [0, 0.1) is 0 Å². The number of carbonyl (C=O) groups excluding carboxylic acids is 2. The van der Waals surface area contributed by atoms with Crippen LogP contribution >= 0.6 is 23.5 Å². The Bertz CT molecular complexity index is 487. The number of carbonyl (C=O) groups is 2. The van der Waals surface area contributed by atoms with E-state index >= 15 is 0 Å². The summed E-state index contributed by atoms with van der Waals surface area (Å²) >= 11 is 3.67. The first-order valence-corrected chi connectivity index (χ1v) is 13.4. The van der Waals surface area contributed by atoms with E-state index in [9.17, 15) is 14.7 Å². The van der Waals surface area contributed by atoms with Gasteiger partial charge in [0.1, 0.15) is 0 Å². The van der Waals surface area contributed by atoms with Gasteiger partial charge in [0.15, 0.2) is 6.10 Å². The van der Waals surface area contributed by atoms with E-state index in [4.69, 9.17) is 4.74 Å². The lowest BCUT2D eigenvalue weighted by Gasteiger charge is -2.22. The summed E-state index contributed by atoms with van der Waals surface area (Å²) in [7, 11) is 0. The molecule has 168 valence electrons. The van der Waals surface area contributed by atoms with Crippen LogP contribution in [0.2, 0.25) is 0 Å². The lowest BCUT2D eigenvalue weighted by Crippen LogP contribution is -2.33. The number of thioether (sulfide) groups is 2. The summed E-state index contributed by atoms with van der Waals surface area (Å²) < 4.78 is 5.02. The van der Waals surface area contributed by atoms with E-state index in [1.807, 2.05) is 23.6 Å². The number of hydrogen-bond donors (Lipinski definition) is 1. The standard InChI is InChI=1S/C22H39NO4S2/c1-3-5-14-27-22(26)20(24)12-17-29-18-13-23-19(10-11-21(23)25)9-7-8-16-28-15-6-4-2/h7,9,19-20,24H,3-6,8,10-18H2,1-2H3/t19-,20?/m0/s1. The Labute approximate surface area is 185 Å². The molecule has 0 radical (unpaired) electrons. The molecule has 1 amide bonds. The SMILES string of the molecule is CCCCOC(=O)C(O)CCSCCN1C(=O)CC[C@@H]1C=CCCSCCCC. The molecule has 1 saturated heterocycles. The summed E-state index contributed by atoms with van der Waals surface area (Å²) in [6, 6.07) is 0.225. The van der Waals surface area contributed by atoms with Gasteiger partial charge in [0.05, 0.1) is 12.6 Å². The maximum atomic E-state index is 12.2. The minimum atomic E-state index is -1.04. The predicted octanol–water partition coefficient (Wildman–Crippen LogP) is 4.28. The van der Waals surface area contributed by atoms with Crippen molar-refractivity contribution in [2.45, 2.75) is 77.4 Å². The number of allylic oxidation sites excluding steroid dienone is 1. The lowest BCUT2D eigenvalue weighted by atomic mass is 10.2. The molecule has 1 unspecified atom stereocenters. The van der Waals surface area contributed by atoms with Crippen LogP contribution in [0.3, 0.4) is 0 Å². The van der Waals surface area contributed by atoms with E-state index in [1.165, 1.54) is 18.6 Å². The molecule has 0 spiro atoms. The first kappa shape index (κ1) is 26.4. The summed E-state index contributed by atoms with van der Waals surface area (Å²) in [6.07, 6.45) is 10.7. The summed E-state index contributed by atoms with van der Waals surface area (Å²) in [5, 5.41) is 9.84. The highest BCUT2D eigenvalue weighted by Crippen LogP contribution is 2.21. The lowest BCUT2D eigenvalue weighted by molar-refractivity contribution is -0.153. The number of amides is 1. The van der Waals surface area contributed by atoms with Crippen molar-refractivity contribution in [2.24, 2.45) is 0 Å². The third-order valence-corrected chi connectivity index (χ3v) is 6.93. The van der Waals surface area contributed by atoms with Gasteiger partial charge in [-0.25, -0.2) is 4.79 Å². The summed E-state index contributed by atoms with van der Waals surface area (Å²) in [4.78, 5) is 25.8. The summed E-state index contributed by atoms with van der Waals surface area (Å²) in [5.41, 5.74) is 0. The predicted molar refractivity (Wildman–Crippen MR) is 125 cm³/mol. The highest BCUT2D eigenvalue weighted by atomic mass is 32.2. The van der Waals surface area contributed by atoms with Crippen LogP contribution in [0.1, 0.15) is 65.2 Å². The average molecular weight is 446 g/mol. The Morgan fingerprint density at radius 2 is 1.97 bits per heavy atom. The molecule has 0 bridgehead atoms. The number of likely N-dealkylation sites (tertiary alicyclic amines) is 1. The Morgan fingerprint density at radius 3 is 2.72 bits per heavy atom. The van der Waals surface area contributed by atoms with E-state index < -0.39 is 12.1 Å². The molecule has 1 aliphatic rings. The van der Waals surface area contributed by atoms with Gasteiger partial charge in [0, 0.05) is 18.7 Å². The molecule has 1 heterocycles. The third-order valence-electron chi connectivity index (χ3n) is 4.83. The van der Waals surface area contributed by atoms with Crippen LogP contribution in [0.25, 0.3) is 0 Å². The normalized spacial score (nSPS) is 18.0. The van der Waals surface area contributed by atoms with Gasteiger partial charge in [-0.15, -0.1) is 0 Å². The molecule has 1 fully saturated rings. The van der Waals surface area contributed by atoms with Gasteiger partial charge in [0.25, 0.3) is 0 Å². The molecule has 0 aromatic carbocycles. The van der Waals surface area contributed by atoms with Crippen LogP contribution in [-0.4, -0.2) is 70.2 Å². The zero-order valence-corrected chi connectivity index (χ0v) is 19.8. The van der Waals surface area contributed by atoms with E-state index in [1.54, 1.807) is 11.8 Å². The van der Waals surface area contributed by atoms with Crippen molar-refractivity contribution in [3.05, 3.63) is 12.2 Å². The quantitative estimate of drug-likeness (QED) is 0.205. The second kappa shape index (κ2) is 17.1. The average Bonchev–Trinajstić information content (AvgIpc) is 3.06. The van der Waals surface area contributed by atoms with Crippen LogP contribution in [0.5, 0.6) is 0 Å². The fourth-order valence-electron chi connectivity index (χ4n) is 2.99. The van der Waals surface area contributed by atoms with Crippen molar-refractivity contribution in [3.8, 4) is 0 Å². The van der Waals surface area contributed by atoms with Gasteiger partial charge in [-0.2, -0.15) is 23.5 Å². The van der Waals surface area contributed by atoms with Gasteiger partial charge in [-0.05, 0) is 49.4 Å². The van der Waals surface area contributed by atoms with Gasteiger partial charge < -0.3 is 14.7 Å². The number of aliphatic hydroxyl groups is 1. The number of aliphatic hydroxyl groups excluding tert-OH is 1. The van der Waals surface area contributed by atoms with E-state index in [0.29, 0.717) is 25.2 Å². The van der Waals surface area contributed by atoms with Gasteiger partial charge in [-0.3, -0.25) is 4.79 Å². The van der Waals surface area contributed by atoms with Crippen LogP contribution in [-0.2, 0) is 14.3 Å². The van der Waals surface area contributed by atoms with Crippen molar-refractivity contribution in [1.82, 2.24) is 4.90 Å². The second-order valence-electron chi connectivity index (χ2n) is 7.31. The van der Waals surface area contributed by atoms with Crippen molar-refractivity contribution in [1.29, 1.82) is 0 Å². The highest BCUT2D eigenvalue weighted by Gasteiger charge is 2.28. The summed E-state index contributed by atoms with van der Waals surface area (Å²) in [6.45, 7) is 5.35. The molecule has 7 heteroatoms. The summed E-state index contributed by atoms with van der Waals surface area (Å²) in [5.74, 6) is 3.60. The molecule has 0 aromatic rings. The minimum Gasteiger partial charge on any atom is -0.464 e. The molecule has 1 N–H and O–H groups in total. The van der Waals surface area contributed by atoms with E-state index in [-0.39, 0.29) is 11.9 Å². The van der Waals surface area contributed by atoms with Crippen molar-refractivity contribution >= 4 is 35.4 Å². The number of ether oxygens (including phenoxy) is 1. The Balaban J connectivity index is 2.17. The Kier molecular flexibility index (Phi) is 15.5. The first-order chi connectivity index (χ1) is 14.1. The second-order valence-corrected chi connectivity index (χ2v) is 9.76. The van der Waals surface area contributed by atoms with Crippen molar-refractivity contribution < 1.29 is 19.4 Å². The number of nitrogens with zero attached hydrogens (tertiary/aromatic N) is 1. The highest BCUT2D eigenvalue weighted by molar-refractivity contribution is 7.99. The maximum Gasteiger partial charge on any atom is 0.334 e. The topological polar surface area (TPSA) is 66.8 Å². The molecule has 2 atom stereocenters. The minimum absolute atomic E-state index is 0.225. The molecule has 1 aliphatic heterocycles. The van der Waals surface area contributed by atoms with Gasteiger partial charge >= 0.3 is 5.97 Å². The fourth-order valence-corrected chi connectivity index (χ4v) is 4.91. The third kappa shape index (κ3) is 11.9. The monoisotopic (exact) mass is 445 g/mol. The van der Waals surface area contributed by atoms with E-state index in [2.05, 4.69) is 19.1 Å². The number of hydrogen-bond acceptors (Lipinski definition) is 6. The Hall–Kier alpha value is -0.660. The van der Waals surface area contributed by atoms with Gasteiger partial charge in [-0.1, -0.05) is 38.8 Å².